The number of carbonyl (C=O) groups is 1. The lowest BCUT2D eigenvalue weighted by molar-refractivity contribution is -0.169. The molecule has 0 bridgehead atoms. The number of esters is 1. The second-order valence-corrected chi connectivity index (χ2v) is 7.10. The van der Waals surface area contributed by atoms with Crippen molar-refractivity contribution < 1.29 is 45.6 Å². The average molecular weight is 466 g/mol. The fourth-order valence-electron chi connectivity index (χ4n) is 1.99. The highest BCUT2D eigenvalue weighted by Crippen LogP contribution is 2.33. The lowest BCUT2D eigenvalue weighted by atomic mass is 10.2. The highest BCUT2D eigenvalue weighted by Gasteiger charge is 2.27. The zero-order chi connectivity index (χ0) is 23.3. The number of benzene rings is 2. The van der Waals surface area contributed by atoms with Gasteiger partial charge in [0.05, 0.1) is 6.10 Å². The third-order valence-electron chi connectivity index (χ3n) is 3.44. The lowest BCUT2D eigenvalue weighted by Gasteiger charge is -2.11. The summed E-state index contributed by atoms with van der Waals surface area (Å²) >= 11 is 0. The van der Waals surface area contributed by atoms with Crippen LogP contribution in [0.4, 0.5) is 22.0 Å². The molecule has 2 aromatic rings. The third kappa shape index (κ3) is 6.33. The van der Waals surface area contributed by atoms with Crippen molar-refractivity contribution in [1.82, 2.24) is 5.43 Å². The summed E-state index contributed by atoms with van der Waals surface area (Å²) in [7, 11) is -2.66. The molecule has 0 radical (unpaired) electrons. The summed E-state index contributed by atoms with van der Waals surface area (Å²) in [5.74, 6) is -13.3. The molecule has 168 valence electrons. The standard InChI is InChI=1S/C18H16F5N2O5P/c1-8(2)28-18(26)9(3)24-25-31(27)30-11-6-4-10(5-7-11)29-17-15(22)13(20)12(19)14(21)16(17)23/h4-9,24H,1-3H3/t9-/m0/s1. The Kier molecular flexibility index (Phi) is 8.26. The molecule has 0 aromatic heterocycles. The summed E-state index contributed by atoms with van der Waals surface area (Å²) < 4.78 is 81.5. The van der Waals surface area contributed by atoms with Crippen LogP contribution >= 0.6 is 8.17 Å². The second-order valence-electron chi connectivity index (χ2n) is 6.24. The Bertz CT molecular complexity index is 959. The molecule has 0 saturated heterocycles. The smallest absolute Gasteiger partial charge is 0.412 e. The van der Waals surface area contributed by atoms with Gasteiger partial charge in [-0.15, -0.1) is 0 Å². The number of halogens is 5. The van der Waals surface area contributed by atoms with Crippen molar-refractivity contribution in [2.75, 3.05) is 0 Å². The summed E-state index contributed by atoms with van der Waals surface area (Å²) in [6, 6.07) is 3.57. The second kappa shape index (κ2) is 10.5. The summed E-state index contributed by atoms with van der Waals surface area (Å²) in [5.41, 5.74) is 2.31. The van der Waals surface area contributed by atoms with Crippen LogP contribution in [-0.4, -0.2) is 18.1 Å². The minimum Gasteiger partial charge on any atom is -0.574 e. The minimum absolute atomic E-state index is 0.0196. The first-order valence-electron chi connectivity index (χ1n) is 8.62. The molecule has 0 heterocycles. The third-order valence-corrected chi connectivity index (χ3v) is 4.08. The topological polar surface area (TPSA) is 92.2 Å². The number of nitrogens with one attached hydrogen (secondary N) is 1. The van der Waals surface area contributed by atoms with Crippen LogP contribution in [0.2, 0.25) is 0 Å². The Balaban J connectivity index is 2.04. The van der Waals surface area contributed by atoms with Gasteiger partial charge in [0.25, 0.3) is 0 Å². The molecule has 7 nitrogen and oxygen atoms in total. The first kappa shape index (κ1) is 24.4. The molecule has 0 fully saturated rings. The molecule has 1 N–H and O–H groups in total. The van der Waals surface area contributed by atoms with E-state index in [1.165, 1.54) is 6.92 Å². The molecular formula is C18H16F5N2O5P. The quantitative estimate of drug-likeness (QED) is 0.156. The monoisotopic (exact) mass is 466 g/mol. The van der Waals surface area contributed by atoms with Crippen molar-refractivity contribution in [1.29, 1.82) is 0 Å². The van der Waals surface area contributed by atoms with E-state index in [4.69, 9.17) is 14.0 Å². The largest absolute Gasteiger partial charge is 0.574 e. The maximum atomic E-state index is 13.7. The van der Waals surface area contributed by atoms with Gasteiger partial charge in [-0.3, -0.25) is 9.32 Å². The Morgan fingerprint density at radius 1 is 0.935 bits per heavy atom. The molecule has 0 saturated carbocycles. The van der Waals surface area contributed by atoms with E-state index in [9.17, 15) is 31.6 Å². The van der Waals surface area contributed by atoms with E-state index in [2.05, 4.69) is 10.3 Å². The van der Waals surface area contributed by atoms with E-state index in [1.807, 2.05) is 0 Å². The molecule has 2 atom stereocenters. The SMILES string of the molecule is CC(C)OC(=O)[C@H](C)N/N=[P+](\[O-])Oc1ccc(Oc2c(F)c(F)c(F)c(F)c2F)cc1. The number of hydrogen-bond donors (Lipinski definition) is 1. The predicted molar refractivity (Wildman–Crippen MR) is 96.5 cm³/mol. The summed E-state index contributed by atoms with van der Waals surface area (Å²) in [6.07, 6.45) is -0.340. The Labute approximate surface area is 174 Å². The Hall–Kier alpha value is -2.82. The fraction of sp³-hybridized carbons (Fsp3) is 0.278. The maximum absolute atomic E-state index is 13.7. The van der Waals surface area contributed by atoms with E-state index in [0.717, 1.165) is 24.3 Å². The van der Waals surface area contributed by atoms with Gasteiger partial charge < -0.3 is 14.4 Å². The van der Waals surface area contributed by atoms with Gasteiger partial charge in [-0.1, -0.05) is 0 Å². The van der Waals surface area contributed by atoms with Gasteiger partial charge in [0.15, 0.2) is 5.75 Å². The first-order chi connectivity index (χ1) is 14.5. The van der Waals surface area contributed by atoms with E-state index in [0.29, 0.717) is 0 Å². The molecule has 0 aliphatic rings. The minimum atomic E-state index is -2.66. The molecule has 31 heavy (non-hydrogen) atoms. The van der Waals surface area contributed by atoms with Crippen molar-refractivity contribution in [2.24, 2.45) is 4.85 Å². The molecule has 0 amide bonds. The van der Waals surface area contributed by atoms with Crippen LogP contribution in [0.3, 0.4) is 0 Å². The van der Waals surface area contributed by atoms with Crippen molar-refractivity contribution in [3.05, 3.63) is 53.4 Å². The molecule has 0 aliphatic heterocycles. The molecule has 1 unspecified atom stereocenters. The number of rotatable bonds is 8. The van der Waals surface area contributed by atoms with Gasteiger partial charge in [0.1, 0.15) is 11.8 Å². The van der Waals surface area contributed by atoms with Crippen molar-refractivity contribution in [2.45, 2.75) is 32.9 Å². The highest BCUT2D eigenvalue weighted by molar-refractivity contribution is 7.33. The van der Waals surface area contributed by atoms with Gasteiger partial charge in [0.2, 0.25) is 34.8 Å². The average Bonchev–Trinajstić information content (AvgIpc) is 2.72. The van der Waals surface area contributed by atoms with Crippen LogP contribution in [-0.2, 0) is 9.53 Å². The summed E-state index contributed by atoms with van der Waals surface area (Å²) in [4.78, 5) is 26.9. The predicted octanol–water partition coefficient (Wildman–Crippen LogP) is 4.25. The summed E-state index contributed by atoms with van der Waals surface area (Å²) in [5, 5.41) is 0. The molecular weight excluding hydrogens is 450 g/mol. The van der Waals surface area contributed by atoms with Gasteiger partial charge in [-0.05, 0) is 45.0 Å². The number of nitrogens with zero attached hydrogens (tertiary/aromatic N) is 1. The molecule has 13 heteroatoms. The van der Waals surface area contributed by atoms with E-state index in [1.54, 1.807) is 13.8 Å². The molecule has 2 aromatic carbocycles. The van der Waals surface area contributed by atoms with Crippen LogP contribution in [0, 0.1) is 29.1 Å². The van der Waals surface area contributed by atoms with Gasteiger partial charge in [-0.25, -0.2) is 13.2 Å². The maximum Gasteiger partial charge on any atom is 0.412 e. The van der Waals surface area contributed by atoms with E-state index in [-0.39, 0.29) is 17.6 Å². The first-order valence-corrected chi connectivity index (χ1v) is 9.75. The fourth-order valence-corrected chi connectivity index (χ4v) is 2.60. The van der Waals surface area contributed by atoms with Crippen LogP contribution in [0.1, 0.15) is 20.8 Å². The molecule has 2 rings (SSSR count). The van der Waals surface area contributed by atoms with Crippen molar-refractivity contribution in [3.8, 4) is 17.2 Å². The highest BCUT2D eigenvalue weighted by atomic mass is 31.1. The van der Waals surface area contributed by atoms with Crippen molar-refractivity contribution >= 4 is 14.1 Å². The van der Waals surface area contributed by atoms with Crippen LogP contribution < -0.4 is 19.6 Å². The Morgan fingerprint density at radius 2 is 1.42 bits per heavy atom. The van der Waals surface area contributed by atoms with Gasteiger partial charge in [-0.2, -0.15) is 14.2 Å². The van der Waals surface area contributed by atoms with Crippen LogP contribution in [0.25, 0.3) is 0 Å². The lowest BCUT2D eigenvalue weighted by Crippen LogP contribution is -2.33. The summed E-state index contributed by atoms with van der Waals surface area (Å²) in [6.45, 7) is 4.75. The zero-order valence-corrected chi connectivity index (χ0v) is 17.2. The number of carbonyl (C=O) groups excluding carboxylic acids is 1. The van der Waals surface area contributed by atoms with Crippen LogP contribution in [0.15, 0.2) is 29.1 Å². The van der Waals surface area contributed by atoms with Gasteiger partial charge >= 0.3 is 14.1 Å². The van der Waals surface area contributed by atoms with Crippen LogP contribution in [0.5, 0.6) is 17.2 Å². The van der Waals surface area contributed by atoms with E-state index >= 15 is 0 Å². The van der Waals surface area contributed by atoms with E-state index < -0.39 is 55.0 Å². The molecule has 0 spiro atoms. The normalized spacial score (nSPS) is 12.6. The Morgan fingerprint density at radius 3 is 1.94 bits per heavy atom. The zero-order valence-electron chi connectivity index (χ0n) is 16.3. The van der Waals surface area contributed by atoms with Gasteiger partial charge in [0, 0.05) is 4.85 Å². The number of hydrogen-bond acceptors (Lipinski definition) is 6. The number of ether oxygens (including phenoxy) is 2. The molecule has 0 aliphatic carbocycles. The van der Waals surface area contributed by atoms with Crippen molar-refractivity contribution in [3.63, 3.8) is 0 Å².